The van der Waals surface area contributed by atoms with E-state index in [9.17, 15) is 19.5 Å². The highest BCUT2D eigenvalue weighted by Gasteiger charge is 2.72. The van der Waals surface area contributed by atoms with Gasteiger partial charge >= 0.3 is 17.9 Å². The van der Waals surface area contributed by atoms with E-state index in [1.165, 1.54) is 0 Å². The van der Waals surface area contributed by atoms with Crippen LogP contribution in [-0.2, 0) is 41.4 Å². The van der Waals surface area contributed by atoms with Crippen LogP contribution in [0.1, 0.15) is 113 Å². The smallest absolute Gasteiger partial charge is 0.331 e. The first-order chi connectivity index (χ1) is 30.8. The molecular weight excluding hydrogens is 805 g/mol. The van der Waals surface area contributed by atoms with Gasteiger partial charge in [-0.15, -0.1) is 0 Å². The summed E-state index contributed by atoms with van der Waals surface area (Å²) in [5.41, 5.74) is 6.61. The summed E-state index contributed by atoms with van der Waals surface area (Å²) in [6, 6.07) is 16.1. The number of nitrogens with zero attached hydrogens (tertiary/aromatic N) is 4. The fraction of sp³-hybridized carbons (Fsp3) is 0.528. The summed E-state index contributed by atoms with van der Waals surface area (Å²) in [5, 5.41) is 13.2. The van der Waals surface area contributed by atoms with Gasteiger partial charge in [-0.3, -0.25) is 29.5 Å². The Morgan fingerprint density at radius 1 is 0.734 bits per heavy atom. The van der Waals surface area contributed by atoms with Gasteiger partial charge < -0.3 is 19.3 Å². The molecular formula is C53H62N4O7. The number of esters is 3. The van der Waals surface area contributed by atoms with Crippen molar-refractivity contribution in [2.75, 3.05) is 6.61 Å². The Bertz CT molecular complexity index is 2420. The highest BCUT2D eigenvalue weighted by atomic mass is 16.6. The largest absolute Gasteiger partial charge is 0.462 e. The Morgan fingerprint density at radius 2 is 1.41 bits per heavy atom. The number of carbonyl (C=O) groups excluding carboxylic acids is 3. The number of pyridine rings is 4. The molecule has 0 saturated heterocycles. The molecule has 5 heterocycles. The Hall–Kier alpha value is -5.29. The highest BCUT2D eigenvalue weighted by Crippen LogP contribution is 2.70. The van der Waals surface area contributed by atoms with Crippen molar-refractivity contribution in [3.63, 3.8) is 0 Å². The summed E-state index contributed by atoms with van der Waals surface area (Å²) >= 11 is 0. The molecule has 9 unspecified atom stereocenters. The third-order valence-corrected chi connectivity index (χ3v) is 16.3. The van der Waals surface area contributed by atoms with Crippen LogP contribution in [0.4, 0.5) is 0 Å². The summed E-state index contributed by atoms with van der Waals surface area (Å²) in [6.45, 7) is 8.75. The zero-order chi connectivity index (χ0) is 44.6. The van der Waals surface area contributed by atoms with E-state index in [-0.39, 0.29) is 60.2 Å². The van der Waals surface area contributed by atoms with E-state index in [2.05, 4.69) is 39.8 Å². The maximum atomic E-state index is 14.0. The number of carbonyl (C=O) groups is 3. The van der Waals surface area contributed by atoms with E-state index in [4.69, 9.17) is 14.2 Å². The Morgan fingerprint density at radius 3 is 2.06 bits per heavy atom. The number of aromatic nitrogens is 4. The summed E-state index contributed by atoms with van der Waals surface area (Å²) in [5.74, 6) is -0.441. The van der Waals surface area contributed by atoms with Gasteiger partial charge in [0.05, 0.1) is 28.4 Å². The predicted molar refractivity (Wildman–Crippen MR) is 241 cm³/mol. The molecule has 4 aliphatic carbocycles. The minimum atomic E-state index is -1.08. The van der Waals surface area contributed by atoms with Crippen molar-refractivity contribution in [3.8, 4) is 22.8 Å². The molecule has 0 radical (unpaired) electrons. The van der Waals surface area contributed by atoms with Crippen LogP contribution in [0.25, 0.3) is 22.8 Å². The third kappa shape index (κ3) is 8.52. The standard InChI is InChI=1S/C53H62N4O7/c1-33-17-22-54-44(25-33)46-27-36(19-24-56-46)8-6-10-49(59)64-47-30-42-41(53(61)21-16-40(52(47,53)4)37-28-50(60)62-32-37)13-12-38-29-39(15-20-51(38,42)3)63-48(58)9-5-7-35-18-23-55-45(26-35)43-14-11-34(2)31-57-43/h11,14,17-19,22-28,31,38-42,47,61H,5-10,12-13,15-16,20-21,29-30,32H2,1-4H3. The molecule has 1 N–H and O–H groups in total. The lowest BCUT2D eigenvalue weighted by atomic mass is 9.42. The van der Waals surface area contributed by atoms with Crippen LogP contribution < -0.4 is 0 Å². The van der Waals surface area contributed by atoms with Gasteiger partial charge in [0, 0.05) is 49.1 Å². The SMILES string of the molecule is Cc1ccc(-c2cc(CCCC(=O)OC3CCC4(C)C(CCC5C4CC(OC(=O)CCCc4ccnc(-c6cc(C)ccn6)c4)C4(C)C(C6=CC(=O)OC6)CCC54O)C3)ccn2)nc1. The molecule has 9 atom stereocenters. The van der Waals surface area contributed by atoms with Crippen molar-refractivity contribution in [2.45, 2.75) is 135 Å². The molecule has 4 aromatic heterocycles. The summed E-state index contributed by atoms with van der Waals surface area (Å²) in [4.78, 5) is 57.7. The zero-order valence-electron chi connectivity index (χ0n) is 37.8. The molecule has 11 nitrogen and oxygen atoms in total. The molecule has 336 valence electrons. The lowest BCUT2D eigenvalue weighted by molar-refractivity contribution is -0.251. The Balaban J connectivity index is 0.850. The van der Waals surface area contributed by atoms with Crippen LogP contribution >= 0.6 is 0 Å². The summed E-state index contributed by atoms with van der Waals surface area (Å²) in [6.07, 6.45) is 17.7. The van der Waals surface area contributed by atoms with Crippen LogP contribution in [0.3, 0.4) is 0 Å². The van der Waals surface area contributed by atoms with Gasteiger partial charge in [0.2, 0.25) is 0 Å². The van der Waals surface area contributed by atoms with E-state index < -0.39 is 17.1 Å². The van der Waals surface area contributed by atoms with Crippen molar-refractivity contribution in [1.29, 1.82) is 0 Å². The number of cyclic esters (lactones) is 1. The fourth-order valence-electron chi connectivity index (χ4n) is 12.8. The molecule has 11 heteroatoms. The maximum Gasteiger partial charge on any atom is 0.331 e. The van der Waals surface area contributed by atoms with Crippen LogP contribution in [0.15, 0.2) is 85.0 Å². The molecule has 5 aliphatic rings. The molecule has 1 aliphatic heterocycles. The minimum absolute atomic E-state index is 0.0238. The second-order valence-corrected chi connectivity index (χ2v) is 20.0. The van der Waals surface area contributed by atoms with Crippen LogP contribution in [0, 0.1) is 48.3 Å². The first kappa shape index (κ1) is 43.9. The van der Waals surface area contributed by atoms with Gasteiger partial charge in [-0.2, -0.15) is 0 Å². The number of rotatable bonds is 13. The molecule has 0 bridgehead atoms. The van der Waals surface area contributed by atoms with Gasteiger partial charge in [0.25, 0.3) is 0 Å². The van der Waals surface area contributed by atoms with Crippen molar-refractivity contribution in [3.05, 3.63) is 107 Å². The number of hydrogen-bond donors (Lipinski definition) is 1. The topological polar surface area (TPSA) is 151 Å². The second kappa shape index (κ2) is 17.9. The molecule has 0 aromatic carbocycles. The number of fused-ring (bicyclic) bond motifs is 5. The third-order valence-electron chi connectivity index (χ3n) is 16.3. The fourth-order valence-corrected chi connectivity index (χ4v) is 12.8. The molecule has 0 spiro atoms. The van der Waals surface area contributed by atoms with Gasteiger partial charge in [0.1, 0.15) is 18.8 Å². The lowest BCUT2D eigenvalue weighted by Gasteiger charge is -2.65. The number of hydrogen-bond acceptors (Lipinski definition) is 11. The van der Waals surface area contributed by atoms with Gasteiger partial charge in [-0.1, -0.05) is 19.9 Å². The number of aryl methyl sites for hydroxylation is 4. The monoisotopic (exact) mass is 866 g/mol. The van der Waals surface area contributed by atoms with Crippen molar-refractivity contribution in [1.82, 2.24) is 19.9 Å². The Kier molecular flexibility index (Phi) is 12.3. The molecule has 0 amide bonds. The van der Waals surface area contributed by atoms with Gasteiger partial charge in [-0.05, 0) is 190 Å². The lowest BCUT2D eigenvalue weighted by Crippen LogP contribution is -2.67. The first-order valence-corrected chi connectivity index (χ1v) is 23.6. The first-order valence-electron chi connectivity index (χ1n) is 23.6. The van der Waals surface area contributed by atoms with E-state index in [1.807, 2.05) is 62.5 Å². The van der Waals surface area contributed by atoms with Gasteiger partial charge in [-0.25, -0.2) is 4.79 Å². The predicted octanol–water partition coefficient (Wildman–Crippen LogP) is 9.25. The number of ether oxygens (including phenoxy) is 3. The van der Waals surface area contributed by atoms with E-state index >= 15 is 0 Å². The molecule has 64 heavy (non-hydrogen) atoms. The molecule has 4 aromatic rings. The second-order valence-electron chi connectivity index (χ2n) is 20.0. The van der Waals surface area contributed by atoms with E-state index in [0.29, 0.717) is 50.9 Å². The van der Waals surface area contributed by atoms with Crippen molar-refractivity contribution < 1.29 is 33.7 Å². The normalized spacial score (nSPS) is 30.6. The summed E-state index contributed by atoms with van der Waals surface area (Å²) in [7, 11) is 0. The van der Waals surface area contributed by atoms with Crippen molar-refractivity contribution in [2.24, 2.45) is 34.5 Å². The average molecular weight is 867 g/mol. The Labute approximate surface area is 376 Å². The quantitative estimate of drug-likeness (QED) is 0.101. The van der Waals surface area contributed by atoms with Crippen molar-refractivity contribution >= 4 is 17.9 Å². The van der Waals surface area contributed by atoms with Crippen LogP contribution in [-0.4, -0.2) is 67.4 Å². The van der Waals surface area contributed by atoms with Crippen LogP contribution in [0.5, 0.6) is 0 Å². The minimum Gasteiger partial charge on any atom is -0.462 e. The number of aliphatic hydroxyl groups is 1. The van der Waals surface area contributed by atoms with Gasteiger partial charge in [0.15, 0.2) is 0 Å². The average Bonchev–Trinajstić information content (AvgIpc) is 3.84. The highest BCUT2D eigenvalue weighted by molar-refractivity contribution is 5.85. The molecule has 9 rings (SSSR count). The summed E-state index contributed by atoms with van der Waals surface area (Å²) < 4.78 is 18.2. The molecule has 4 fully saturated rings. The van der Waals surface area contributed by atoms with E-state index in [0.717, 1.165) is 89.1 Å². The molecule has 4 saturated carbocycles. The van der Waals surface area contributed by atoms with Crippen LogP contribution in [0.2, 0.25) is 0 Å². The maximum absolute atomic E-state index is 14.0. The zero-order valence-corrected chi connectivity index (χ0v) is 37.8. The van der Waals surface area contributed by atoms with E-state index in [1.54, 1.807) is 24.7 Å².